The molecular weight excluding hydrogens is 865 g/mol. The molecule has 19 nitrogen and oxygen atoms in total. The van der Waals surface area contributed by atoms with Crippen molar-refractivity contribution in [1.29, 1.82) is 0 Å². The van der Waals surface area contributed by atoms with Crippen LogP contribution in [0.5, 0.6) is 11.5 Å². The van der Waals surface area contributed by atoms with Gasteiger partial charge >= 0.3 is 24.1 Å². The number of ether oxygens (including phenoxy) is 3. The van der Waals surface area contributed by atoms with Crippen LogP contribution in [0.1, 0.15) is 43.6 Å². The van der Waals surface area contributed by atoms with Crippen molar-refractivity contribution in [3.8, 4) is 11.5 Å². The number of carbonyl (C=O) groups excluding carboxylic acids is 2. The van der Waals surface area contributed by atoms with Gasteiger partial charge in [-0.25, -0.2) is 9.59 Å². The van der Waals surface area contributed by atoms with E-state index < -0.39 is 72.4 Å². The summed E-state index contributed by atoms with van der Waals surface area (Å²) in [6, 6.07) is 5.37. The molecule has 3 aromatic rings. The average molecular weight is 909 g/mol. The summed E-state index contributed by atoms with van der Waals surface area (Å²) in [5.41, 5.74) is -2.17. The van der Waals surface area contributed by atoms with Gasteiger partial charge < -0.3 is 44.3 Å². The lowest BCUT2D eigenvalue weighted by atomic mass is 10.1. The lowest BCUT2D eigenvalue weighted by molar-refractivity contribution is -0.385. The fourth-order valence-corrected chi connectivity index (χ4v) is 4.22. The second-order valence-corrected chi connectivity index (χ2v) is 15.9. The molecule has 0 saturated carbocycles. The molecule has 0 aliphatic carbocycles. The van der Waals surface area contributed by atoms with Crippen molar-refractivity contribution in [3.63, 3.8) is 0 Å². The zero-order valence-corrected chi connectivity index (χ0v) is 35.3. The van der Waals surface area contributed by atoms with Crippen LogP contribution in [0.2, 0.25) is 10.3 Å². The van der Waals surface area contributed by atoms with E-state index in [0.29, 0.717) is 28.9 Å². The second kappa shape index (κ2) is 26.5. The van der Waals surface area contributed by atoms with Crippen LogP contribution >= 0.6 is 30.8 Å². The summed E-state index contributed by atoms with van der Waals surface area (Å²) < 4.78 is 63.2. The predicted octanol–water partition coefficient (Wildman–Crippen LogP) is 5.21. The molecule has 0 fully saturated rings. The molecule has 1 aromatic heterocycles. The molecule has 0 amide bonds. The minimum absolute atomic E-state index is 0.0398. The Bertz CT molecular complexity index is 1840. The molecule has 0 bridgehead atoms. The molecule has 1 heterocycles. The molecule has 0 aliphatic heterocycles. The Morgan fingerprint density at radius 3 is 1.98 bits per heavy atom. The lowest BCUT2D eigenvalue weighted by Crippen LogP contribution is -2.26. The third-order valence-electron chi connectivity index (χ3n) is 5.64. The molecular formula is C32H43Cl2F3N7O12PS. The normalized spacial score (nSPS) is 12.1. The minimum atomic E-state index is -4.61. The summed E-state index contributed by atoms with van der Waals surface area (Å²) in [5, 5.41) is 27.0. The fourth-order valence-electron chi connectivity index (χ4n) is 3.45. The monoisotopic (exact) mass is 907 g/mol. The Morgan fingerprint density at radius 2 is 1.55 bits per heavy atom. The van der Waals surface area contributed by atoms with Gasteiger partial charge in [-0.05, 0) is 74.5 Å². The maximum atomic E-state index is 12.8. The number of benzene rings is 2. The van der Waals surface area contributed by atoms with Crippen molar-refractivity contribution in [2.24, 2.45) is 0 Å². The molecule has 0 saturated heterocycles. The Kier molecular flexibility index (Phi) is 24.4. The smallest absolute Gasteiger partial charge is 0.416 e. The number of anilines is 2. The summed E-state index contributed by atoms with van der Waals surface area (Å²) in [4.78, 5) is 74.0. The molecule has 2 atom stereocenters. The quantitative estimate of drug-likeness (QED) is 0.0430. The Balaban J connectivity index is 0.000000979. The molecule has 0 spiro atoms. The van der Waals surface area contributed by atoms with E-state index in [1.807, 2.05) is 19.2 Å². The van der Waals surface area contributed by atoms with Gasteiger partial charge in [0.1, 0.15) is 24.7 Å². The Labute approximate surface area is 344 Å². The van der Waals surface area contributed by atoms with Crippen LogP contribution < -0.4 is 25.6 Å². The number of hydrogen-bond donors (Lipinski definition) is 5. The maximum absolute atomic E-state index is 12.8. The first-order valence-corrected chi connectivity index (χ1v) is 21.4. The van der Waals surface area contributed by atoms with E-state index >= 15 is 0 Å². The van der Waals surface area contributed by atoms with Gasteiger partial charge in [0, 0.05) is 25.2 Å². The number of aliphatic carboxylic acids is 1. The van der Waals surface area contributed by atoms with Crippen molar-refractivity contribution in [1.82, 2.24) is 20.3 Å². The molecule has 26 heteroatoms. The first kappa shape index (κ1) is 53.5. The van der Waals surface area contributed by atoms with Crippen molar-refractivity contribution >= 4 is 77.2 Å². The summed E-state index contributed by atoms with van der Waals surface area (Å²) in [6.07, 6.45) is -0.0672. The number of nitro benzene ring substituents is 1. The molecule has 58 heavy (non-hydrogen) atoms. The maximum Gasteiger partial charge on any atom is 0.416 e. The minimum Gasteiger partial charge on any atom is -0.778 e. The van der Waals surface area contributed by atoms with Crippen molar-refractivity contribution in [3.05, 3.63) is 67.9 Å². The summed E-state index contributed by atoms with van der Waals surface area (Å²) in [6.45, 7) is 7.77. The lowest BCUT2D eigenvalue weighted by Gasteiger charge is -2.14. The number of alkyl halides is 3. The zero-order valence-electron chi connectivity index (χ0n) is 32.1. The fraction of sp³-hybridized carbons (Fsp3) is 0.438. The van der Waals surface area contributed by atoms with E-state index in [0.717, 1.165) is 43.4 Å². The van der Waals surface area contributed by atoms with Gasteiger partial charge in [-0.3, -0.25) is 20.2 Å². The van der Waals surface area contributed by atoms with Crippen LogP contribution in [0, 0.1) is 10.1 Å². The largest absolute Gasteiger partial charge is 0.778 e. The molecule has 5 N–H and O–H groups in total. The first-order chi connectivity index (χ1) is 26.8. The van der Waals surface area contributed by atoms with Gasteiger partial charge in [0.15, 0.2) is 6.10 Å². The van der Waals surface area contributed by atoms with Crippen LogP contribution in [-0.4, -0.2) is 105 Å². The van der Waals surface area contributed by atoms with E-state index in [1.54, 1.807) is 6.92 Å². The number of esters is 2. The van der Waals surface area contributed by atoms with Crippen molar-refractivity contribution < 1.29 is 66.1 Å². The van der Waals surface area contributed by atoms with Gasteiger partial charge in [0.2, 0.25) is 17.2 Å². The average Bonchev–Trinajstić information content (AvgIpc) is 3.08. The van der Waals surface area contributed by atoms with E-state index in [4.69, 9.17) is 47.4 Å². The number of nitrogens with zero attached hydrogens (tertiary/aromatic N) is 4. The number of rotatable bonds is 15. The van der Waals surface area contributed by atoms with Gasteiger partial charge in [-0.2, -0.15) is 28.1 Å². The van der Waals surface area contributed by atoms with Crippen LogP contribution in [-0.2, 0) is 40.7 Å². The van der Waals surface area contributed by atoms with E-state index in [1.165, 1.54) is 6.92 Å². The van der Waals surface area contributed by atoms with Crippen molar-refractivity contribution in [2.75, 3.05) is 61.9 Å². The number of halogens is 5. The van der Waals surface area contributed by atoms with Gasteiger partial charge in [0.05, 0.1) is 53.7 Å². The number of aromatic nitrogens is 3. The molecule has 0 aliphatic rings. The summed E-state index contributed by atoms with van der Waals surface area (Å²) >= 11 is 11.5. The number of carbonyl (C=O) groups is 3. The number of carboxylic acid groups (broad SMARTS) is 1. The van der Waals surface area contributed by atoms with Gasteiger partial charge in [0.25, 0.3) is 5.69 Å². The topological polar surface area (TPSA) is 277 Å². The number of nitro groups is 1. The third kappa shape index (κ3) is 23.0. The van der Waals surface area contributed by atoms with E-state index in [2.05, 4.69) is 44.4 Å². The van der Waals surface area contributed by atoms with Crippen LogP contribution in [0.3, 0.4) is 0 Å². The Hall–Kier alpha value is -4.51. The highest BCUT2D eigenvalue weighted by atomic mass is 35.5. The SMILES string of the molecule is CCNc1nc(Cl)nc(NCC)n1.CCOC(=O)C(C)OC(=O)c1cc(Oc2ccc(C(F)(F)F)cc2Cl)ccc1[N+](=O)[O-].C[S+](C)C.O=C(O)CNCP(=O)([O-])O. The highest BCUT2D eigenvalue weighted by Crippen LogP contribution is 2.37. The van der Waals surface area contributed by atoms with Gasteiger partial charge in [-0.15, -0.1) is 0 Å². The zero-order chi connectivity index (χ0) is 44.8. The van der Waals surface area contributed by atoms with Crippen LogP contribution in [0.15, 0.2) is 36.4 Å². The molecule has 3 rings (SSSR count). The summed E-state index contributed by atoms with van der Waals surface area (Å²) in [5.74, 6) is -2.53. The van der Waals surface area contributed by atoms with E-state index in [9.17, 15) is 47.1 Å². The van der Waals surface area contributed by atoms with Crippen molar-refractivity contribution in [2.45, 2.75) is 40.0 Å². The first-order valence-electron chi connectivity index (χ1n) is 16.4. The molecule has 0 radical (unpaired) electrons. The Morgan fingerprint density at radius 1 is 1.00 bits per heavy atom. The molecule has 2 aromatic carbocycles. The highest BCUT2D eigenvalue weighted by molar-refractivity contribution is 7.94. The van der Waals surface area contributed by atoms with Crippen LogP contribution in [0.25, 0.3) is 0 Å². The third-order valence-corrected chi connectivity index (χ3v) is 6.73. The standard InChI is InChI=1S/C19H15ClF3NO7.C7H12ClN5.C3H8NO5P.C3H9S/c1-3-29-17(25)10(2)30-18(26)13-9-12(5-6-15(13)24(27)28)31-16-7-4-11(8-14(16)20)19(21,22)23;1-3-9-6-11-5(8)12-7(13-6)10-4-2;5-3(6)1-4-2-10(7,8)9;1-4(2)3/h4-10H,3H2,1-2H3;3-4H2,1-2H3,(H2,9,10,11,12,13);4H,1-2H2,(H,5,6)(H2,7,8,9);1-3H3/q;;;+1/p-1. The number of carboxylic acids is 1. The number of nitrogens with one attached hydrogen (secondary N) is 3. The predicted molar refractivity (Wildman–Crippen MR) is 210 cm³/mol. The summed E-state index contributed by atoms with van der Waals surface area (Å²) in [7, 11) is -3.71. The molecule has 324 valence electrons. The van der Waals surface area contributed by atoms with Gasteiger partial charge in [-0.1, -0.05) is 11.6 Å². The van der Waals surface area contributed by atoms with Crippen LogP contribution in [0.4, 0.5) is 30.8 Å². The molecule has 2 unspecified atom stereocenters. The van der Waals surface area contributed by atoms with E-state index in [-0.39, 0.29) is 28.4 Å². The number of hydrogen-bond acceptors (Lipinski definition) is 16. The second-order valence-electron chi connectivity index (χ2n) is 11.1. The highest BCUT2D eigenvalue weighted by Gasteiger charge is 2.31.